The van der Waals surface area contributed by atoms with E-state index in [2.05, 4.69) is 9.97 Å². The average Bonchev–Trinajstić information content (AvgIpc) is 3.30. The van der Waals surface area contributed by atoms with Crippen molar-refractivity contribution in [2.75, 3.05) is 31.1 Å². The van der Waals surface area contributed by atoms with Crippen LogP contribution in [0.25, 0.3) is 0 Å². The molecule has 0 saturated carbocycles. The van der Waals surface area contributed by atoms with Crippen LogP contribution in [0.1, 0.15) is 9.67 Å². The fraction of sp³-hybridized carbons (Fsp3) is 0.211. The number of piperazine rings is 1. The lowest BCUT2D eigenvalue weighted by atomic mass is 10.3. The van der Waals surface area contributed by atoms with Crippen LogP contribution in [0, 0.1) is 0 Å². The molecular weight excluding hydrogens is 442 g/mol. The third-order valence-corrected chi connectivity index (χ3v) is 7.58. The molecule has 0 atom stereocenters. The van der Waals surface area contributed by atoms with Gasteiger partial charge in [-0.2, -0.15) is 4.31 Å². The van der Waals surface area contributed by atoms with Crippen LogP contribution < -0.4 is 15.1 Å². The summed E-state index contributed by atoms with van der Waals surface area (Å²) in [5.74, 6) is 0.294. The lowest BCUT2D eigenvalue weighted by Crippen LogP contribution is -2.48. The summed E-state index contributed by atoms with van der Waals surface area (Å²) in [6.45, 7) is 1.39. The molecule has 0 radical (unpaired) electrons. The summed E-state index contributed by atoms with van der Waals surface area (Å²) in [6.07, 6.45) is 2.67. The number of rotatable bonds is 6. The molecule has 4 rings (SSSR count). The fourth-order valence-electron chi connectivity index (χ4n) is 3.03. The topological polar surface area (TPSA) is 125 Å². The summed E-state index contributed by atoms with van der Waals surface area (Å²) in [5.41, 5.74) is 1.57. The molecule has 1 aliphatic heterocycles. The van der Waals surface area contributed by atoms with Gasteiger partial charge in [-0.3, -0.25) is 10.0 Å². The van der Waals surface area contributed by atoms with E-state index in [0.29, 0.717) is 29.9 Å². The number of anilines is 1. The number of amides is 1. The van der Waals surface area contributed by atoms with Gasteiger partial charge in [0.1, 0.15) is 15.5 Å². The maximum Gasteiger partial charge on any atom is 0.286 e. The highest BCUT2D eigenvalue weighted by Gasteiger charge is 2.30. The van der Waals surface area contributed by atoms with Gasteiger partial charge in [-0.05, 0) is 18.2 Å². The molecule has 3 heterocycles. The largest absolute Gasteiger partial charge is 0.439 e. The third-order valence-electron chi connectivity index (χ3n) is 4.64. The number of carbonyl (C=O) groups is 1. The Balaban J connectivity index is 1.39. The molecule has 0 bridgehead atoms. The summed E-state index contributed by atoms with van der Waals surface area (Å²) in [6, 6.07) is 12.1. The van der Waals surface area contributed by atoms with Gasteiger partial charge in [0, 0.05) is 32.2 Å². The van der Waals surface area contributed by atoms with Crippen molar-refractivity contribution in [3.8, 4) is 11.6 Å². The summed E-state index contributed by atoms with van der Waals surface area (Å²) in [4.78, 5) is 22.0. The summed E-state index contributed by atoms with van der Waals surface area (Å²) in [7, 11) is -3.70. The van der Waals surface area contributed by atoms with E-state index < -0.39 is 15.9 Å². The number of pyridine rings is 1. The number of nitrogens with one attached hydrogen (secondary N) is 1. The minimum Gasteiger partial charge on any atom is -0.439 e. The zero-order valence-corrected chi connectivity index (χ0v) is 17.8. The summed E-state index contributed by atoms with van der Waals surface area (Å²) in [5, 5.41) is 9.31. The molecule has 2 aromatic heterocycles. The van der Waals surface area contributed by atoms with Gasteiger partial charge in [0.15, 0.2) is 5.13 Å². The highest BCUT2D eigenvalue weighted by molar-refractivity contribution is 7.89. The number of nitrogens with zero attached hydrogens (tertiary/aromatic N) is 4. The first kappa shape index (κ1) is 21.2. The number of sulfonamides is 1. The van der Waals surface area contributed by atoms with Crippen LogP contribution in [0.2, 0.25) is 0 Å². The number of hydrogen-bond donors (Lipinski definition) is 2. The molecule has 0 unspecified atom stereocenters. The lowest BCUT2D eigenvalue weighted by molar-refractivity contribution is 0.0710. The number of hydrogen-bond acceptors (Lipinski definition) is 9. The smallest absolute Gasteiger partial charge is 0.286 e. The van der Waals surface area contributed by atoms with Gasteiger partial charge in [-0.25, -0.2) is 23.9 Å². The van der Waals surface area contributed by atoms with Crippen LogP contribution in [-0.4, -0.2) is 60.0 Å². The molecular formula is C19H19N5O5S2. The molecule has 31 heavy (non-hydrogen) atoms. The van der Waals surface area contributed by atoms with Crippen molar-refractivity contribution < 1.29 is 23.2 Å². The lowest BCUT2D eigenvalue weighted by Gasteiger charge is -2.33. The van der Waals surface area contributed by atoms with Crippen molar-refractivity contribution in [2.45, 2.75) is 4.90 Å². The van der Waals surface area contributed by atoms with E-state index >= 15 is 0 Å². The number of thiazole rings is 1. The second kappa shape index (κ2) is 8.98. The van der Waals surface area contributed by atoms with Gasteiger partial charge >= 0.3 is 0 Å². The number of para-hydroxylation sites is 1. The molecule has 1 fully saturated rings. The standard InChI is InChI=1S/C19H19N5O5S2/c25-18(22-26)16-13-21-19(30-16)23-8-10-24(11-9-23)31(27,28)15-6-7-17(20-12-15)29-14-4-2-1-3-5-14/h1-7,12-13,26H,8-11H2,(H,22,25). The fourth-order valence-corrected chi connectivity index (χ4v) is 5.25. The third kappa shape index (κ3) is 4.66. The number of aromatic nitrogens is 2. The van der Waals surface area contributed by atoms with E-state index in [9.17, 15) is 13.2 Å². The molecule has 1 amide bonds. The first-order valence-electron chi connectivity index (χ1n) is 9.32. The van der Waals surface area contributed by atoms with E-state index in [1.54, 1.807) is 17.6 Å². The molecule has 162 valence electrons. The molecule has 2 N–H and O–H groups in total. The monoisotopic (exact) mass is 461 g/mol. The highest BCUT2D eigenvalue weighted by Crippen LogP contribution is 2.26. The normalized spacial score (nSPS) is 14.9. The van der Waals surface area contributed by atoms with Crippen molar-refractivity contribution in [1.82, 2.24) is 19.8 Å². The number of benzene rings is 1. The van der Waals surface area contributed by atoms with Gasteiger partial charge in [-0.1, -0.05) is 29.5 Å². The van der Waals surface area contributed by atoms with Crippen LogP contribution in [0.3, 0.4) is 0 Å². The molecule has 12 heteroatoms. The quantitative estimate of drug-likeness (QED) is 0.422. The average molecular weight is 462 g/mol. The van der Waals surface area contributed by atoms with Crippen molar-refractivity contribution in [1.29, 1.82) is 0 Å². The van der Waals surface area contributed by atoms with Crippen LogP contribution in [0.5, 0.6) is 11.6 Å². The van der Waals surface area contributed by atoms with Gasteiger partial charge in [0.2, 0.25) is 15.9 Å². The van der Waals surface area contributed by atoms with E-state index in [-0.39, 0.29) is 22.9 Å². The van der Waals surface area contributed by atoms with Crippen molar-refractivity contribution in [3.63, 3.8) is 0 Å². The molecule has 0 spiro atoms. The Labute approximate surface area is 182 Å². The molecule has 1 aliphatic rings. The Morgan fingerprint density at radius 2 is 1.77 bits per heavy atom. The van der Waals surface area contributed by atoms with Gasteiger partial charge < -0.3 is 9.64 Å². The zero-order valence-electron chi connectivity index (χ0n) is 16.2. The second-order valence-corrected chi connectivity index (χ2v) is 9.53. The van der Waals surface area contributed by atoms with E-state index in [4.69, 9.17) is 9.94 Å². The number of carbonyl (C=O) groups excluding carboxylic acids is 1. The van der Waals surface area contributed by atoms with Gasteiger partial charge in [-0.15, -0.1) is 0 Å². The number of hydroxylamine groups is 1. The zero-order chi connectivity index (χ0) is 21.8. The Kier molecular flexibility index (Phi) is 6.13. The molecule has 0 aliphatic carbocycles. The maximum atomic E-state index is 13.0. The first-order chi connectivity index (χ1) is 15.0. The highest BCUT2D eigenvalue weighted by atomic mass is 32.2. The Morgan fingerprint density at radius 3 is 2.42 bits per heavy atom. The SMILES string of the molecule is O=C(NO)c1cnc(N2CCN(S(=O)(=O)c3ccc(Oc4ccccc4)nc3)CC2)s1. The van der Waals surface area contributed by atoms with Gasteiger partial charge in [0.25, 0.3) is 5.91 Å². The molecule has 3 aromatic rings. The molecule has 1 saturated heterocycles. The van der Waals surface area contributed by atoms with E-state index in [1.165, 1.54) is 28.8 Å². The Hall–Kier alpha value is -3.06. The first-order valence-corrected chi connectivity index (χ1v) is 11.6. The van der Waals surface area contributed by atoms with Crippen molar-refractivity contribution in [2.24, 2.45) is 0 Å². The summed E-state index contributed by atoms with van der Waals surface area (Å²) < 4.78 is 32.9. The van der Waals surface area contributed by atoms with Crippen LogP contribution >= 0.6 is 11.3 Å². The minimum atomic E-state index is -3.70. The predicted octanol–water partition coefficient (Wildman–Crippen LogP) is 1.96. The molecule has 1 aromatic carbocycles. The molecule has 10 nitrogen and oxygen atoms in total. The van der Waals surface area contributed by atoms with Gasteiger partial charge in [0.05, 0.1) is 12.4 Å². The van der Waals surface area contributed by atoms with Crippen LogP contribution in [-0.2, 0) is 10.0 Å². The summed E-state index contributed by atoms with van der Waals surface area (Å²) >= 11 is 1.13. The van der Waals surface area contributed by atoms with Crippen LogP contribution in [0.4, 0.5) is 5.13 Å². The predicted molar refractivity (Wildman–Crippen MR) is 113 cm³/mol. The number of ether oxygens (including phenoxy) is 1. The van der Waals surface area contributed by atoms with E-state index in [0.717, 1.165) is 11.3 Å². The Bertz CT molecular complexity index is 1140. The van der Waals surface area contributed by atoms with Crippen LogP contribution in [0.15, 0.2) is 59.8 Å². The van der Waals surface area contributed by atoms with Crippen molar-refractivity contribution >= 4 is 32.4 Å². The second-order valence-electron chi connectivity index (χ2n) is 6.59. The van der Waals surface area contributed by atoms with E-state index in [1.807, 2.05) is 23.1 Å². The Morgan fingerprint density at radius 1 is 1.03 bits per heavy atom. The van der Waals surface area contributed by atoms with Crippen molar-refractivity contribution in [3.05, 3.63) is 59.7 Å². The minimum absolute atomic E-state index is 0.0949. The maximum absolute atomic E-state index is 13.0.